The molecule has 0 radical (unpaired) electrons. The van der Waals surface area contributed by atoms with Crippen molar-refractivity contribution in [1.29, 1.82) is 0 Å². The van der Waals surface area contributed by atoms with Gasteiger partial charge in [0.2, 0.25) is 5.91 Å². The van der Waals surface area contributed by atoms with E-state index in [0.29, 0.717) is 18.7 Å². The Balaban J connectivity index is 1.17. The van der Waals surface area contributed by atoms with Crippen molar-refractivity contribution in [1.82, 2.24) is 29.4 Å². The molecule has 1 fully saturated rings. The van der Waals surface area contributed by atoms with Gasteiger partial charge in [-0.15, -0.1) is 0 Å². The third kappa shape index (κ3) is 4.43. The Morgan fingerprint density at radius 3 is 2.65 bits per heavy atom. The first-order chi connectivity index (χ1) is 16.5. The molecule has 174 valence electrons. The molecule has 2 aromatic carbocycles. The molecule has 1 aliphatic heterocycles. The average Bonchev–Trinajstić information content (AvgIpc) is 3.47. The molecule has 34 heavy (non-hydrogen) atoms. The number of hydrogen-bond acceptors (Lipinski definition) is 6. The van der Waals surface area contributed by atoms with Crippen LogP contribution in [0.3, 0.4) is 0 Å². The normalized spacial score (nSPS) is 14.5. The van der Waals surface area contributed by atoms with Gasteiger partial charge in [0.25, 0.3) is 5.91 Å². The second-order valence-corrected chi connectivity index (χ2v) is 9.38. The van der Waals surface area contributed by atoms with Crippen LogP contribution in [-0.2, 0) is 11.8 Å². The molecule has 1 aliphatic rings. The predicted molar refractivity (Wildman–Crippen MR) is 132 cm³/mol. The van der Waals surface area contributed by atoms with Crippen molar-refractivity contribution in [3.63, 3.8) is 0 Å². The molecule has 0 atom stereocenters. The molecule has 0 saturated carbocycles. The molecule has 1 N–H and O–H groups in total. The molecule has 3 heterocycles. The summed E-state index contributed by atoms with van der Waals surface area (Å²) >= 11 is 1.44. The number of benzene rings is 2. The van der Waals surface area contributed by atoms with E-state index >= 15 is 0 Å². The highest BCUT2D eigenvalue weighted by Gasteiger charge is 2.26. The fraction of sp³-hybridized carbons (Fsp3) is 0.320. The predicted octanol–water partition coefficient (Wildman–Crippen LogP) is 3.54. The van der Waals surface area contributed by atoms with Gasteiger partial charge in [-0.1, -0.05) is 30.3 Å². The first kappa shape index (κ1) is 22.2. The zero-order valence-electron chi connectivity index (χ0n) is 19.2. The van der Waals surface area contributed by atoms with Crippen LogP contribution >= 0.6 is 11.5 Å². The lowest BCUT2D eigenvalue weighted by molar-refractivity contribution is -0.131. The van der Waals surface area contributed by atoms with E-state index in [9.17, 15) is 9.59 Å². The van der Waals surface area contributed by atoms with Crippen molar-refractivity contribution in [2.75, 3.05) is 19.6 Å². The number of aryl methyl sites for hydroxylation is 2. The molecule has 8 nitrogen and oxygen atoms in total. The third-order valence-corrected chi connectivity index (χ3v) is 7.25. The number of piperidine rings is 1. The van der Waals surface area contributed by atoms with Gasteiger partial charge in [-0.25, -0.2) is 4.98 Å². The number of fused-ring (bicyclic) bond motifs is 1. The van der Waals surface area contributed by atoms with Crippen molar-refractivity contribution < 1.29 is 9.59 Å². The number of carbonyl (C=O) groups excluding carboxylic acids is 2. The molecule has 0 aliphatic carbocycles. The van der Waals surface area contributed by atoms with Crippen molar-refractivity contribution in [2.45, 2.75) is 25.7 Å². The van der Waals surface area contributed by atoms with Crippen LogP contribution in [0.4, 0.5) is 0 Å². The van der Waals surface area contributed by atoms with Crippen molar-refractivity contribution in [2.24, 2.45) is 7.05 Å². The molecule has 2 aromatic heterocycles. The quantitative estimate of drug-likeness (QED) is 0.478. The summed E-state index contributed by atoms with van der Waals surface area (Å²) in [6.07, 6.45) is 1.68. The number of aromatic nitrogens is 4. The zero-order valence-corrected chi connectivity index (χ0v) is 20.0. The van der Waals surface area contributed by atoms with Crippen LogP contribution in [0.5, 0.6) is 0 Å². The number of nitrogens with one attached hydrogen (secondary N) is 1. The first-order valence-corrected chi connectivity index (χ1v) is 12.2. The molecule has 5 rings (SSSR count). The van der Waals surface area contributed by atoms with Gasteiger partial charge in [0, 0.05) is 42.6 Å². The Bertz CT molecular complexity index is 1340. The number of amides is 2. The monoisotopic (exact) mass is 474 g/mol. The van der Waals surface area contributed by atoms with Crippen LogP contribution in [0.2, 0.25) is 0 Å². The molecular weight excluding hydrogens is 448 g/mol. The summed E-state index contributed by atoms with van der Waals surface area (Å²) in [6.45, 7) is 3.33. The summed E-state index contributed by atoms with van der Waals surface area (Å²) in [5.74, 6) is 0.741. The van der Waals surface area contributed by atoms with E-state index in [-0.39, 0.29) is 24.3 Å². The number of rotatable bonds is 5. The van der Waals surface area contributed by atoms with E-state index in [1.54, 1.807) is 24.3 Å². The first-order valence-electron chi connectivity index (χ1n) is 11.4. The van der Waals surface area contributed by atoms with E-state index in [1.807, 2.05) is 35.7 Å². The van der Waals surface area contributed by atoms with Gasteiger partial charge in [-0.05, 0) is 49.5 Å². The summed E-state index contributed by atoms with van der Waals surface area (Å²) in [4.78, 5) is 31.4. The fourth-order valence-corrected chi connectivity index (χ4v) is 5.27. The molecule has 9 heteroatoms. The van der Waals surface area contributed by atoms with Crippen molar-refractivity contribution in [3.05, 3.63) is 64.8 Å². The summed E-state index contributed by atoms with van der Waals surface area (Å²) in [5, 5.41) is 9.36. The summed E-state index contributed by atoms with van der Waals surface area (Å²) in [6, 6.07) is 15.1. The lowest BCUT2D eigenvalue weighted by Gasteiger charge is -2.31. The molecular formula is C25H26N6O2S. The molecule has 0 unspecified atom stereocenters. The highest BCUT2D eigenvalue weighted by molar-refractivity contribution is 7.05. The SMILES string of the molecule is Cc1nn(C)c2cc(-c3nsc(C4CCN(C(=O)CNC(=O)c5ccccc5)CC4)n3)ccc12. The second kappa shape index (κ2) is 9.34. The van der Waals surface area contributed by atoms with Gasteiger partial charge in [0.05, 0.1) is 17.8 Å². The van der Waals surface area contributed by atoms with Crippen LogP contribution in [0.1, 0.15) is 39.8 Å². The van der Waals surface area contributed by atoms with Gasteiger partial charge >= 0.3 is 0 Å². The zero-order chi connectivity index (χ0) is 23.7. The van der Waals surface area contributed by atoms with Gasteiger partial charge in [-0.3, -0.25) is 14.3 Å². The molecule has 1 saturated heterocycles. The minimum absolute atomic E-state index is 0.0112. The third-order valence-electron chi connectivity index (χ3n) is 6.37. The number of hydrogen-bond donors (Lipinski definition) is 1. The minimum atomic E-state index is -0.232. The lowest BCUT2D eigenvalue weighted by Crippen LogP contribution is -2.43. The number of nitrogens with zero attached hydrogens (tertiary/aromatic N) is 5. The average molecular weight is 475 g/mol. The maximum atomic E-state index is 12.6. The summed E-state index contributed by atoms with van der Waals surface area (Å²) in [5.41, 5.74) is 3.62. The maximum Gasteiger partial charge on any atom is 0.251 e. The highest BCUT2D eigenvalue weighted by Crippen LogP contribution is 2.32. The van der Waals surface area contributed by atoms with Crippen LogP contribution < -0.4 is 5.32 Å². The fourth-order valence-electron chi connectivity index (χ4n) is 4.43. The van der Waals surface area contributed by atoms with Gasteiger partial charge in [-0.2, -0.15) is 9.47 Å². The molecule has 0 spiro atoms. The lowest BCUT2D eigenvalue weighted by atomic mass is 9.97. The Hall–Kier alpha value is -3.59. The van der Waals surface area contributed by atoms with E-state index in [2.05, 4.69) is 26.9 Å². The second-order valence-electron chi connectivity index (χ2n) is 8.60. The van der Waals surface area contributed by atoms with Crippen LogP contribution in [0.15, 0.2) is 48.5 Å². The Morgan fingerprint density at radius 1 is 1.12 bits per heavy atom. The minimum Gasteiger partial charge on any atom is -0.343 e. The molecule has 0 bridgehead atoms. The maximum absolute atomic E-state index is 12.6. The van der Waals surface area contributed by atoms with Crippen LogP contribution in [-0.4, -0.2) is 55.5 Å². The topological polar surface area (TPSA) is 93.0 Å². The van der Waals surface area contributed by atoms with Gasteiger partial charge in [0.1, 0.15) is 5.01 Å². The van der Waals surface area contributed by atoms with E-state index < -0.39 is 0 Å². The van der Waals surface area contributed by atoms with Crippen molar-refractivity contribution in [3.8, 4) is 11.4 Å². The Labute approximate surface area is 201 Å². The van der Waals surface area contributed by atoms with Crippen molar-refractivity contribution >= 4 is 34.2 Å². The van der Waals surface area contributed by atoms with Crippen LogP contribution in [0, 0.1) is 6.92 Å². The number of carbonyl (C=O) groups is 2. The number of likely N-dealkylation sites (tertiary alicyclic amines) is 1. The summed E-state index contributed by atoms with van der Waals surface area (Å²) in [7, 11) is 1.95. The molecule has 4 aromatic rings. The van der Waals surface area contributed by atoms with E-state index in [0.717, 1.165) is 45.8 Å². The van der Waals surface area contributed by atoms with Gasteiger partial charge in [0.15, 0.2) is 5.82 Å². The van der Waals surface area contributed by atoms with E-state index in [4.69, 9.17) is 4.98 Å². The Kier molecular flexibility index (Phi) is 6.10. The van der Waals surface area contributed by atoms with E-state index in [1.165, 1.54) is 11.5 Å². The van der Waals surface area contributed by atoms with Gasteiger partial charge < -0.3 is 10.2 Å². The standard InChI is InChI=1S/C25H26N6O2S/c1-16-20-9-8-19(14-21(20)30(2)28-16)23-27-25(34-29-23)18-10-12-31(13-11-18)22(32)15-26-24(33)17-6-4-3-5-7-17/h3-9,14,18H,10-13,15H2,1-2H3,(H,26,33). The smallest absolute Gasteiger partial charge is 0.251 e. The Morgan fingerprint density at radius 2 is 1.88 bits per heavy atom. The molecule has 2 amide bonds. The highest BCUT2D eigenvalue weighted by atomic mass is 32.1. The largest absolute Gasteiger partial charge is 0.343 e. The summed E-state index contributed by atoms with van der Waals surface area (Å²) < 4.78 is 6.49. The van der Waals surface area contributed by atoms with Crippen LogP contribution in [0.25, 0.3) is 22.3 Å².